The van der Waals surface area contributed by atoms with E-state index in [1.54, 1.807) is 18.6 Å². The number of rotatable bonds is 3. The second kappa shape index (κ2) is 8.13. The number of thiazole rings is 1. The lowest BCUT2D eigenvalue weighted by Gasteiger charge is -2.19. The molecular weight excluding hydrogens is 458 g/mol. The van der Waals surface area contributed by atoms with Crippen LogP contribution in [0.1, 0.15) is 28.2 Å². The highest BCUT2D eigenvalue weighted by Gasteiger charge is 2.29. The molecule has 0 bridgehead atoms. The lowest BCUT2D eigenvalue weighted by atomic mass is 9.87. The number of nitrogens with one attached hydrogen (secondary N) is 1. The molecule has 0 unspecified atom stereocenters. The number of anilines is 1. The van der Waals surface area contributed by atoms with Crippen LogP contribution in [0.5, 0.6) is 0 Å². The van der Waals surface area contributed by atoms with Gasteiger partial charge in [-0.15, -0.1) is 0 Å². The molecule has 1 amide bonds. The molecule has 0 spiro atoms. The number of halogens is 1. The maximum absolute atomic E-state index is 13.5. The molecule has 1 aliphatic carbocycles. The van der Waals surface area contributed by atoms with E-state index in [-0.39, 0.29) is 11.8 Å². The molecule has 0 saturated heterocycles. The van der Waals surface area contributed by atoms with Gasteiger partial charge in [-0.25, -0.2) is 4.98 Å². The molecule has 6 heteroatoms. The van der Waals surface area contributed by atoms with Crippen LogP contribution in [0.2, 0.25) is 0 Å². The third kappa shape index (κ3) is 3.68. The number of benzene rings is 2. The highest BCUT2D eigenvalue weighted by Crippen LogP contribution is 2.36. The maximum Gasteiger partial charge on any atom is 0.238 e. The number of hydrogen-bond donors (Lipinski definition) is 1. The van der Waals surface area contributed by atoms with Crippen molar-refractivity contribution in [3.63, 3.8) is 0 Å². The summed E-state index contributed by atoms with van der Waals surface area (Å²) in [7, 11) is 0. The van der Waals surface area contributed by atoms with Gasteiger partial charge in [-0.1, -0.05) is 59.9 Å². The maximum atomic E-state index is 13.5. The van der Waals surface area contributed by atoms with Gasteiger partial charge in [0.15, 0.2) is 5.13 Å². The van der Waals surface area contributed by atoms with Gasteiger partial charge in [-0.3, -0.25) is 9.78 Å². The van der Waals surface area contributed by atoms with Gasteiger partial charge in [0.05, 0.1) is 10.8 Å². The van der Waals surface area contributed by atoms with Crippen molar-refractivity contribution in [3.05, 3.63) is 99.9 Å². The average Bonchev–Trinajstić information content (AvgIpc) is 3.15. The highest BCUT2D eigenvalue weighted by atomic mass is 79.9. The first-order chi connectivity index (χ1) is 14.7. The molecule has 2 aromatic carbocycles. The summed E-state index contributed by atoms with van der Waals surface area (Å²) in [4.78, 5) is 23.1. The molecule has 148 valence electrons. The standard InChI is InChI=1S/C24H18BrN3OS/c25-18-11-17(12-26-13-18)21-14-27-24(30-21)28-23(29)22-19-7-3-1-5-15(19)9-10-16-6-2-4-8-20(16)22/h1-8,11-14,22H,9-10H2,(H,27,28,29). The molecular formula is C24H18BrN3OS. The number of aryl methyl sites for hydroxylation is 2. The molecule has 0 aliphatic heterocycles. The van der Waals surface area contributed by atoms with Crippen molar-refractivity contribution < 1.29 is 4.79 Å². The predicted molar refractivity (Wildman–Crippen MR) is 124 cm³/mol. The van der Waals surface area contributed by atoms with Crippen LogP contribution in [0, 0.1) is 0 Å². The summed E-state index contributed by atoms with van der Waals surface area (Å²) >= 11 is 4.90. The third-order valence-electron chi connectivity index (χ3n) is 5.38. The van der Waals surface area contributed by atoms with Crippen molar-refractivity contribution in [2.45, 2.75) is 18.8 Å². The summed E-state index contributed by atoms with van der Waals surface area (Å²) in [6.07, 6.45) is 7.19. The Balaban J connectivity index is 1.48. The van der Waals surface area contributed by atoms with Gasteiger partial charge < -0.3 is 5.32 Å². The summed E-state index contributed by atoms with van der Waals surface area (Å²) in [5.74, 6) is -0.398. The van der Waals surface area contributed by atoms with Crippen LogP contribution in [0.4, 0.5) is 5.13 Å². The van der Waals surface area contributed by atoms with Crippen molar-refractivity contribution >= 4 is 38.3 Å². The number of nitrogens with zero attached hydrogens (tertiary/aromatic N) is 2. The smallest absolute Gasteiger partial charge is 0.238 e. The number of aromatic nitrogens is 2. The molecule has 0 atom stereocenters. The summed E-state index contributed by atoms with van der Waals surface area (Å²) in [5.41, 5.74) is 5.58. The van der Waals surface area contributed by atoms with E-state index in [1.165, 1.54) is 22.5 Å². The quantitative estimate of drug-likeness (QED) is 0.405. The first kappa shape index (κ1) is 19.2. The second-order valence-electron chi connectivity index (χ2n) is 7.24. The molecule has 4 aromatic rings. The fourth-order valence-electron chi connectivity index (χ4n) is 4.00. The van der Waals surface area contributed by atoms with E-state index in [2.05, 4.69) is 55.5 Å². The molecule has 1 N–H and O–H groups in total. The minimum absolute atomic E-state index is 0.0509. The van der Waals surface area contributed by atoms with E-state index in [1.807, 2.05) is 30.3 Å². The second-order valence-corrected chi connectivity index (χ2v) is 9.19. The van der Waals surface area contributed by atoms with Gasteiger partial charge in [0.2, 0.25) is 5.91 Å². The van der Waals surface area contributed by atoms with Crippen LogP contribution in [0.3, 0.4) is 0 Å². The lowest BCUT2D eigenvalue weighted by molar-refractivity contribution is -0.116. The van der Waals surface area contributed by atoms with Crippen molar-refractivity contribution in [2.24, 2.45) is 0 Å². The fraction of sp³-hybridized carbons (Fsp3) is 0.125. The number of fused-ring (bicyclic) bond motifs is 2. The van der Waals surface area contributed by atoms with E-state index in [0.717, 1.165) is 38.9 Å². The molecule has 4 nitrogen and oxygen atoms in total. The molecule has 2 heterocycles. The van der Waals surface area contributed by atoms with Gasteiger partial charge in [-0.05, 0) is 57.1 Å². The van der Waals surface area contributed by atoms with E-state index in [0.29, 0.717) is 5.13 Å². The first-order valence-corrected chi connectivity index (χ1v) is 11.3. The molecule has 1 aliphatic rings. The summed E-state index contributed by atoms with van der Waals surface area (Å²) < 4.78 is 0.908. The summed E-state index contributed by atoms with van der Waals surface area (Å²) in [5, 5.41) is 3.65. The van der Waals surface area contributed by atoms with E-state index in [9.17, 15) is 4.79 Å². The van der Waals surface area contributed by atoms with E-state index >= 15 is 0 Å². The Kier molecular flexibility index (Phi) is 5.19. The zero-order valence-electron chi connectivity index (χ0n) is 16.0. The van der Waals surface area contributed by atoms with Gasteiger partial charge in [0.1, 0.15) is 0 Å². The van der Waals surface area contributed by atoms with E-state index in [4.69, 9.17) is 0 Å². The fourth-order valence-corrected chi connectivity index (χ4v) is 5.16. The predicted octanol–water partition coefficient (Wildman–Crippen LogP) is 5.84. The Hall–Kier alpha value is -2.83. The van der Waals surface area contributed by atoms with Gasteiger partial charge in [0, 0.05) is 28.6 Å². The number of pyridine rings is 1. The average molecular weight is 476 g/mol. The van der Waals surface area contributed by atoms with Crippen LogP contribution in [0.15, 0.2) is 77.7 Å². The Morgan fingerprint density at radius 1 is 0.967 bits per heavy atom. The number of hydrogen-bond acceptors (Lipinski definition) is 4. The molecule has 5 rings (SSSR count). The van der Waals surface area contributed by atoms with Crippen LogP contribution in [0.25, 0.3) is 10.4 Å². The summed E-state index contributed by atoms with van der Waals surface area (Å²) in [6.45, 7) is 0. The molecule has 2 aromatic heterocycles. The van der Waals surface area contributed by atoms with Gasteiger partial charge in [-0.2, -0.15) is 0 Å². The molecule has 0 fully saturated rings. The Morgan fingerprint density at radius 3 is 2.30 bits per heavy atom. The summed E-state index contributed by atoms with van der Waals surface area (Å²) in [6, 6.07) is 18.5. The van der Waals surface area contributed by atoms with Crippen LogP contribution in [-0.2, 0) is 17.6 Å². The monoisotopic (exact) mass is 475 g/mol. The Bertz CT molecular complexity index is 1190. The topological polar surface area (TPSA) is 54.9 Å². The number of carbonyl (C=O) groups excluding carboxylic acids is 1. The SMILES string of the molecule is O=C(Nc1ncc(-c2cncc(Br)c2)s1)C1c2ccccc2CCc2ccccc21. The molecule has 30 heavy (non-hydrogen) atoms. The Labute approximate surface area is 187 Å². The minimum Gasteiger partial charge on any atom is -0.301 e. The lowest BCUT2D eigenvalue weighted by Crippen LogP contribution is -2.23. The van der Waals surface area contributed by atoms with Gasteiger partial charge >= 0.3 is 0 Å². The zero-order chi connectivity index (χ0) is 20.5. The normalized spacial score (nSPS) is 13.2. The highest BCUT2D eigenvalue weighted by molar-refractivity contribution is 9.10. The van der Waals surface area contributed by atoms with Crippen molar-refractivity contribution in [1.82, 2.24) is 9.97 Å². The van der Waals surface area contributed by atoms with Crippen LogP contribution < -0.4 is 5.32 Å². The van der Waals surface area contributed by atoms with E-state index < -0.39 is 0 Å². The third-order valence-corrected chi connectivity index (χ3v) is 6.78. The van der Waals surface area contributed by atoms with Crippen LogP contribution in [-0.4, -0.2) is 15.9 Å². The first-order valence-electron chi connectivity index (χ1n) is 9.72. The van der Waals surface area contributed by atoms with Gasteiger partial charge in [0.25, 0.3) is 0 Å². The molecule has 0 saturated carbocycles. The van der Waals surface area contributed by atoms with Crippen molar-refractivity contribution in [1.29, 1.82) is 0 Å². The minimum atomic E-state index is -0.347. The Morgan fingerprint density at radius 2 is 1.63 bits per heavy atom. The zero-order valence-corrected chi connectivity index (χ0v) is 18.4. The van der Waals surface area contributed by atoms with Crippen molar-refractivity contribution in [3.8, 4) is 10.4 Å². The number of carbonyl (C=O) groups is 1. The number of amides is 1. The van der Waals surface area contributed by atoms with Crippen molar-refractivity contribution in [2.75, 3.05) is 5.32 Å². The van der Waals surface area contributed by atoms with Crippen LogP contribution >= 0.6 is 27.3 Å². The molecule has 0 radical (unpaired) electrons. The largest absolute Gasteiger partial charge is 0.301 e.